The fourth-order valence-electron chi connectivity index (χ4n) is 1.94. The van der Waals surface area contributed by atoms with Crippen LogP contribution in [0.25, 0.3) is 0 Å². The maximum atomic E-state index is 12.2. The number of rotatable bonds is 3. The van der Waals surface area contributed by atoms with Gasteiger partial charge in [0.05, 0.1) is 15.6 Å². The lowest BCUT2D eigenvalue weighted by molar-refractivity contribution is -0.385. The minimum absolute atomic E-state index is 0.0123. The zero-order valence-corrected chi connectivity index (χ0v) is 15.0. The Labute approximate surface area is 157 Å². The van der Waals surface area contributed by atoms with Gasteiger partial charge in [0.1, 0.15) is 0 Å². The van der Waals surface area contributed by atoms with E-state index in [1.807, 2.05) is 0 Å². The topological polar surface area (TPSA) is 104 Å². The van der Waals surface area contributed by atoms with Crippen molar-refractivity contribution in [2.45, 2.75) is 6.92 Å². The Hall–Kier alpha value is -2.42. The Morgan fingerprint density at radius 2 is 1.96 bits per heavy atom. The number of nitro benzene ring substituents is 1. The van der Waals surface area contributed by atoms with Crippen molar-refractivity contribution in [1.29, 1.82) is 0 Å². The molecule has 2 aromatic carbocycles. The standard InChI is InChI=1S/C15H11Cl2N3O4S/c1-7-2-3-8(4-12(7)20(23)24)14(22)19-15(25)18-11-6-9(16)5-10(17)13(11)21/h2-6,21H,1H3,(H2,18,19,22,25). The third-order valence-corrected chi connectivity index (χ3v) is 3.88. The molecular weight excluding hydrogens is 389 g/mol. The number of phenols is 1. The van der Waals surface area contributed by atoms with Crippen molar-refractivity contribution in [3.63, 3.8) is 0 Å². The number of amides is 1. The predicted molar refractivity (Wildman–Crippen MR) is 99.6 cm³/mol. The van der Waals surface area contributed by atoms with Crippen LogP contribution in [0.1, 0.15) is 15.9 Å². The number of carbonyl (C=O) groups excluding carboxylic acids is 1. The number of benzene rings is 2. The zero-order chi connectivity index (χ0) is 18.7. The fourth-order valence-corrected chi connectivity index (χ4v) is 2.63. The van der Waals surface area contributed by atoms with Gasteiger partial charge in [0.15, 0.2) is 10.9 Å². The average Bonchev–Trinajstić information content (AvgIpc) is 2.52. The average molecular weight is 400 g/mol. The van der Waals surface area contributed by atoms with Gasteiger partial charge in [-0.1, -0.05) is 29.3 Å². The summed E-state index contributed by atoms with van der Waals surface area (Å²) in [6, 6.07) is 6.77. The third-order valence-electron chi connectivity index (χ3n) is 3.17. The number of carbonyl (C=O) groups is 1. The first-order valence-corrected chi connectivity index (χ1v) is 7.91. The highest BCUT2D eigenvalue weighted by Crippen LogP contribution is 2.34. The van der Waals surface area contributed by atoms with Gasteiger partial charge in [0.2, 0.25) is 0 Å². The summed E-state index contributed by atoms with van der Waals surface area (Å²) >= 11 is 16.6. The van der Waals surface area contributed by atoms with E-state index < -0.39 is 10.8 Å². The van der Waals surface area contributed by atoms with Crippen LogP contribution in [-0.2, 0) is 0 Å². The summed E-state index contributed by atoms with van der Waals surface area (Å²) < 4.78 is 0. The molecule has 10 heteroatoms. The molecule has 0 saturated carbocycles. The van der Waals surface area contributed by atoms with Crippen LogP contribution in [-0.4, -0.2) is 21.0 Å². The maximum absolute atomic E-state index is 12.2. The predicted octanol–water partition coefficient (Wildman–Crippen LogP) is 4.04. The van der Waals surface area contributed by atoms with Crippen LogP contribution in [0.4, 0.5) is 11.4 Å². The van der Waals surface area contributed by atoms with E-state index in [0.717, 1.165) is 6.07 Å². The van der Waals surface area contributed by atoms with E-state index in [4.69, 9.17) is 35.4 Å². The van der Waals surface area contributed by atoms with E-state index in [-0.39, 0.29) is 37.8 Å². The van der Waals surface area contributed by atoms with Crippen molar-refractivity contribution in [1.82, 2.24) is 5.32 Å². The second-order valence-electron chi connectivity index (χ2n) is 4.95. The van der Waals surface area contributed by atoms with Crippen LogP contribution < -0.4 is 10.6 Å². The normalized spacial score (nSPS) is 10.2. The molecule has 0 aromatic heterocycles. The first-order chi connectivity index (χ1) is 11.7. The number of hydrogen-bond acceptors (Lipinski definition) is 5. The Kier molecular flexibility index (Phi) is 5.78. The molecule has 0 aliphatic rings. The molecule has 0 saturated heterocycles. The summed E-state index contributed by atoms with van der Waals surface area (Å²) in [5.74, 6) is -0.929. The van der Waals surface area contributed by atoms with Gasteiger partial charge in [-0.15, -0.1) is 0 Å². The molecule has 130 valence electrons. The third kappa shape index (κ3) is 4.56. The summed E-state index contributed by atoms with van der Waals surface area (Å²) in [5.41, 5.74) is 0.430. The number of nitrogens with zero attached hydrogens (tertiary/aromatic N) is 1. The monoisotopic (exact) mass is 399 g/mol. The second kappa shape index (κ2) is 7.64. The Balaban J connectivity index is 2.15. The minimum Gasteiger partial charge on any atom is -0.504 e. The lowest BCUT2D eigenvalue weighted by atomic mass is 10.1. The fraction of sp³-hybridized carbons (Fsp3) is 0.0667. The van der Waals surface area contributed by atoms with E-state index in [1.54, 1.807) is 6.92 Å². The minimum atomic E-state index is -0.645. The van der Waals surface area contributed by atoms with Gasteiger partial charge < -0.3 is 10.4 Å². The number of thiocarbonyl (C=S) groups is 1. The second-order valence-corrected chi connectivity index (χ2v) is 6.20. The number of nitro groups is 1. The molecule has 3 N–H and O–H groups in total. The van der Waals surface area contributed by atoms with Gasteiger partial charge in [-0.3, -0.25) is 20.2 Å². The molecule has 0 unspecified atom stereocenters. The van der Waals surface area contributed by atoms with Gasteiger partial charge in [-0.25, -0.2) is 0 Å². The van der Waals surface area contributed by atoms with Crippen LogP contribution in [0, 0.1) is 17.0 Å². The van der Waals surface area contributed by atoms with Crippen LogP contribution in [0.15, 0.2) is 30.3 Å². The van der Waals surface area contributed by atoms with Crippen LogP contribution in [0.2, 0.25) is 10.0 Å². The van der Waals surface area contributed by atoms with E-state index in [1.165, 1.54) is 24.3 Å². The zero-order valence-electron chi connectivity index (χ0n) is 12.7. The molecule has 2 rings (SSSR count). The van der Waals surface area contributed by atoms with E-state index in [9.17, 15) is 20.0 Å². The Morgan fingerprint density at radius 1 is 1.28 bits per heavy atom. The van der Waals surface area contributed by atoms with Crippen molar-refractivity contribution in [3.05, 3.63) is 61.6 Å². The molecule has 0 bridgehead atoms. The molecule has 0 atom stereocenters. The summed E-state index contributed by atoms with van der Waals surface area (Å²) in [7, 11) is 0. The molecule has 25 heavy (non-hydrogen) atoms. The number of phenolic OH excluding ortho intramolecular Hbond substituents is 1. The van der Waals surface area contributed by atoms with Gasteiger partial charge in [-0.2, -0.15) is 0 Å². The number of hydrogen-bond donors (Lipinski definition) is 3. The van der Waals surface area contributed by atoms with E-state index >= 15 is 0 Å². The van der Waals surface area contributed by atoms with Gasteiger partial charge in [0.25, 0.3) is 11.6 Å². The molecule has 7 nitrogen and oxygen atoms in total. The summed E-state index contributed by atoms with van der Waals surface area (Å²) in [5, 5.41) is 25.9. The van der Waals surface area contributed by atoms with Gasteiger partial charge in [-0.05, 0) is 37.3 Å². The molecule has 0 heterocycles. The van der Waals surface area contributed by atoms with Crippen molar-refractivity contribution < 1.29 is 14.8 Å². The number of aromatic hydroxyl groups is 1. The highest BCUT2D eigenvalue weighted by molar-refractivity contribution is 7.80. The van der Waals surface area contributed by atoms with Gasteiger partial charge in [0, 0.05) is 22.2 Å². The molecule has 0 fully saturated rings. The smallest absolute Gasteiger partial charge is 0.273 e. The highest BCUT2D eigenvalue weighted by atomic mass is 35.5. The van der Waals surface area contributed by atoms with Gasteiger partial charge >= 0.3 is 0 Å². The lowest BCUT2D eigenvalue weighted by Gasteiger charge is -2.12. The van der Waals surface area contributed by atoms with Crippen molar-refractivity contribution in [3.8, 4) is 5.75 Å². The SMILES string of the molecule is Cc1ccc(C(=O)NC(=S)Nc2cc(Cl)cc(Cl)c2O)cc1[N+](=O)[O-]. The quantitative estimate of drug-likeness (QED) is 0.311. The number of anilines is 1. The number of aryl methyl sites for hydroxylation is 1. The van der Waals surface area contributed by atoms with Crippen molar-refractivity contribution >= 4 is 57.8 Å². The van der Waals surface area contributed by atoms with Crippen LogP contribution >= 0.6 is 35.4 Å². The van der Waals surface area contributed by atoms with E-state index in [0.29, 0.717) is 5.56 Å². The molecule has 2 aromatic rings. The van der Waals surface area contributed by atoms with Crippen LogP contribution in [0.5, 0.6) is 5.75 Å². The Bertz CT molecular complexity index is 889. The molecule has 0 radical (unpaired) electrons. The first kappa shape index (κ1) is 18.9. The highest BCUT2D eigenvalue weighted by Gasteiger charge is 2.16. The number of halogens is 2. The van der Waals surface area contributed by atoms with Crippen LogP contribution in [0.3, 0.4) is 0 Å². The Morgan fingerprint density at radius 3 is 2.60 bits per heavy atom. The summed E-state index contributed by atoms with van der Waals surface area (Å²) in [6.45, 7) is 1.57. The van der Waals surface area contributed by atoms with Crippen molar-refractivity contribution in [2.24, 2.45) is 0 Å². The van der Waals surface area contributed by atoms with E-state index in [2.05, 4.69) is 10.6 Å². The molecular formula is C15H11Cl2N3O4S. The molecule has 0 spiro atoms. The van der Waals surface area contributed by atoms with Crippen molar-refractivity contribution in [2.75, 3.05) is 5.32 Å². The summed E-state index contributed by atoms with van der Waals surface area (Å²) in [4.78, 5) is 22.5. The maximum Gasteiger partial charge on any atom is 0.273 e. The lowest BCUT2D eigenvalue weighted by Crippen LogP contribution is -2.34. The molecule has 0 aliphatic carbocycles. The number of nitrogens with one attached hydrogen (secondary N) is 2. The molecule has 0 aliphatic heterocycles. The molecule has 1 amide bonds. The first-order valence-electron chi connectivity index (χ1n) is 6.74. The summed E-state index contributed by atoms with van der Waals surface area (Å²) in [6.07, 6.45) is 0. The largest absolute Gasteiger partial charge is 0.504 e.